The van der Waals surface area contributed by atoms with Crippen molar-refractivity contribution in [1.82, 2.24) is 9.97 Å². The van der Waals surface area contributed by atoms with Crippen LogP contribution in [0.15, 0.2) is 24.3 Å². The van der Waals surface area contributed by atoms with Crippen LogP contribution in [0.25, 0.3) is 10.9 Å². The van der Waals surface area contributed by atoms with E-state index in [1.165, 1.54) is 0 Å². The number of fused-ring (bicyclic) bond motifs is 1. The number of hydrogen-bond donors (Lipinski definition) is 3. The summed E-state index contributed by atoms with van der Waals surface area (Å²) in [7, 11) is 1.62. The molecule has 2 aromatic rings. The van der Waals surface area contributed by atoms with Crippen molar-refractivity contribution in [3.8, 4) is 0 Å². The number of aliphatic hydroxyl groups excluding tert-OH is 1. The van der Waals surface area contributed by atoms with Gasteiger partial charge in [0.15, 0.2) is 0 Å². The number of aliphatic hydroxyl groups is 1. The number of nitrogens with two attached hydrogens (primary N) is 1. The van der Waals surface area contributed by atoms with Crippen molar-refractivity contribution in [2.45, 2.75) is 12.5 Å². The van der Waals surface area contributed by atoms with Crippen LogP contribution in [0, 0.1) is 0 Å². The highest BCUT2D eigenvalue weighted by molar-refractivity contribution is 5.89. The molecule has 0 saturated heterocycles. The minimum absolute atomic E-state index is 0.0206. The Kier molecular flexibility index (Phi) is 4.48. The topological polar surface area (TPSA) is 93.3 Å². The van der Waals surface area contributed by atoms with E-state index in [1.807, 2.05) is 24.3 Å². The number of nitrogens with one attached hydrogen (secondary N) is 1. The van der Waals surface area contributed by atoms with E-state index < -0.39 is 0 Å². The largest absolute Gasteiger partial charge is 0.396 e. The van der Waals surface area contributed by atoms with Crippen LogP contribution < -0.4 is 11.1 Å². The number of ether oxygens (including phenoxy) is 1. The quantitative estimate of drug-likeness (QED) is 0.719. The molecule has 1 atom stereocenters. The third kappa shape index (κ3) is 3.30. The van der Waals surface area contributed by atoms with Gasteiger partial charge in [-0.15, -0.1) is 0 Å². The van der Waals surface area contributed by atoms with Crippen molar-refractivity contribution in [2.75, 3.05) is 31.4 Å². The Morgan fingerprint density at radius 3 is 2.89 bits per heavy atom. The van der Waals surface area contributed by atoms with Crippen LogP contribution in [-0.2, 0) is 4.74 Å². The number of anilines is 2. The minimum Gasteiger partial charge on any atom is -0.396 e. The van der Waals surface area contributed by atoms with E-state index in [-0.39, 0.29) is 18.6 Å². The molecule has 0 aliphatic rings. The average molecular weight is 262 g/mol. The summed E-state index contributed by atoms with van der Waals surface area (Å²) in [6.07, 6.45) is 0.575. The summed E-state index contributed by atoms with van der Waals surface area (Å²) in [5.74, 6) is 0.889. The van der Waals surface area contributed by atoms with E-state index in [0.29, 0.717) is 18.8 Å². The Morgan fingerprint density at radius 2 is 2.16 bits per heavy atom. The molecule has 0 bridgehead atoms. The van der Waals surface area contributed by atoms with Crippen molar-refractivity contribution in [2.24, 2.45) is 0 Å². The lowest BCUT2D eigenvalue weighted by Crippen LogP contribution is -2.27. The molecular weight excluding hydrogens is 244 g/mol. The molecule has 0 aliphatic heterocycles. The minimum atomic E-state index is -0.0206. The summed E-state index contributed by atoms with van der Waals surface area (Å²) in [4.78, 5) is 8.41. The highest BCUT2D eigenvalue weighted by atomic mass is 16.5. The molecule has 0 amide bonds. The molecule has 4 N–H and O–H groups in total. The Balaban J connectivity index is 2.32. The zero-order chi connectivity index (χ0) is 13.7. The van der Waals surface area contributed by atoms with Gasteiger partial charge in [0.1, 0.15) is 5.82 Å². The zero-order valence-corrected chi connectivity index (χ0v) is 10.8. The van der Waals surface area contributed by atoms with E-state index in [1.54, 1.807) is 7.11 Å². The molecule has 6 nitrogen and oxygen atoms in total. The predicted octanol–water partition coefficient (Wildman–Crippen LogP) is 1.02. The lowest BCUT2D eigenvalue weighted by Gasteiger charge is -2.18. The Bertz CT molecular complexity index is 541. The maximum atomic E-state index is 9.06. The molecule has 1 unspecified atom stereocenters. The summed E-state index contributed by atoms with van der Waals surface area (Å²) in [5, 5.41) is 13.2. The van der Waals surface area contributed by atoms with Crippen LogP contribution in [0.4, 0.5) is 11.8 Å². The van der Waals surface area contributed by atoms with E-state index >= 15 is 0 Å². The maximum absolute atomic E-state index is 9.06. The fraction of sp³-hybridized carbons (Fsp3) is 0.385. The van der Waals surface area contributed by atoms with Gasteiger partial charge in [0.05, 0.1) is 18.2 Å². The van der Waals surface area contributed by atoms with Crippen molar-refractivity contribution in [3.05, 3.63) is 24.3 Å². The fourth-order valence-electron chi connectivity index (χ4n) is 1.95. The standard InChI is InChI=1S/C13H18N4O2/c1-19-8-9(6-7-18)15-12-10-4-2-3-5-11(10)16-13(14)17-12/h2-5,9,18H,6-8H2,1H3,(H3,14,15,16,17). The molecule has 0 radical (unpaired) electrons. The van der Waals surface area contributed by atoms with Crippen LogP contribution in [0.3, 0.4) is 0 Å². The predicted molar refractivity (Wildman–Crippen MR) is 74.9 cm³/mol. The first-order valence-corrected chi connectivity index (χ1v) is 6.13. The van der Waals surface area contributed by atoms with Gasteiger partial charge >= 0.3 is 0 Å². The molecule has 2 rings (SSSR count). The van der Waals surface area contributed by atoms with Crippen molar-refractivity contribution >= 4 is 22.7 Å². The highest BCUT2D eigenvalue weighted by Crippen LogP contribution is 2.21. The Morgan fingerprint density at radius 1 is 1.37 bits per heavy atom. The van der Waals surface area contributed by atoms with Crippen LogP contribution >= 0.6 is 0 Å². The first kappa shape index (κ1) is 13.5. The number of methoxy groups -OCH3 is 1. The highest BCUT2D eigenvalue weighted by Gasteiger charge is 2.12. The second kappa shape index (κ2) is 6.31. The summed E-state index contributed by atoms with van der Waals surface area (Å²) in [5.41, 5.74) is 6.49. The molecule has 1 aromatic carbocycles. The molecule has 0 aliphatic carbocycles. The van der Waals surface area contributed by atoms with Gasteiger partial charge in [-0.2, -0.15) is 4.98 Å². The number of aromatic nitrogens is 2. The van der Waals surface area contributed by atoms with Crippen molar-refractivity contribution < 1.29 is 9.84 Å². The van der Waals surface area contributed by atoms with Gasteiger partial charge in [-0.25, -0.2) is 4.98 Å². The second-order valence-electron chi connectivity index (χ2n) is 4.26. The number of nitrogens with zero attached hydrogens (tertiary/aromatic N) is 2. The van der Waals surface area contributed by atoms with Gasteiger partial charge < -0.3 is 20.9 Å². The maximum Gasteiger partial charge on any atom is 0.222 e. The molecular formula is C13H18N4O2. The SMILES string of the molecule is COCC(CCO)Nc1nc(N)nc2ccccc12. The molecule has 19 heavy (non-hydrogen) atoms. The molecule has 0 fully saturated rings. The van der Waals surface area contributed by atoms with Crippen molar-refractivity contribution in [1.29, 1.82) is 0 Å². The van der Waals surface area contributed by atoms with E-state index in [2.05, 4.69) is 15.3 Å². The van der Waals surface area contributed by atoms with Crippen molar-refractivity contribution in [3.63, 3.8) is 0 Å². The van der Waals surface area contributed by atoms with Crippen LogP contribution in [0.1, 0.15) is 6.42 Å². The molecule has 1 heterocycles. The number of hydrogen-bond acceptors (Lipinski definition) is 6. The number of rotatable bonds is 6. The molecule has 0 spiro atoms. The monoisotopic (exact) mass is 262 g/mol. The van der Waals surface area contributed by atoms with E-state index in [4.69, 9.17) is 15.6 Å². The summed E-state index contributed by atoms with van der Waals surface area (Å²) < 4.78 is 5.12. The van der Waals surface area contributed by atoms with Gasteiger partial charge in [-0.1, -0.05) is 12.1 Å². The van der Waals surface area contributed by atoms with E-state index in [9.17, 15) is 0 Å². The first-order chi connectivity index (χ1) is 9.24. The Hall–Kier alpha value is -1.92. The summed E-state index contributed by atoms with van der Waals surface area (Å²) in [6.45, 7) is 0.568. The van der Waals surface area contributed by atoms with Gasteiger partial charge in [0.2, 0.25) is 5.95 Å². The van der Waals surface area contributed by atoms with Crippen LogP contribution in [0.2, 0.25) is 0 Å². The van der Waals surface area contributed by atoms with Gasteiger partial charge in [-0.3, -0.25) is 0 Å². The Labute approximate surface area is 111 Å². The zero-order valence-electron chi connectivity index (χ0n) is 10.8. The summed E-state index contributed by atoms with van der Waals surface area (Å²) >= 11 is 0. The molecule has 0 saturated carbocycles. The smallest absolute Gasteiger partial charge is 0.222 e. The third-order valence-corrected chi connectivity index (χ3v) is 2.81. The van der Waals surface area contributed by atoms with Gasteiger partial charge in [0.25, 0.3) is 0 Å². The lowest BCUT2D eigenvalue weighted by molar-refractivity contribution is 0.170. The second-order valence-corrected chi connectivity index (χ2v) is 4.26. The number of benzene rings is 1. The lowest BCUT2D eigenvalue weighted by atomic mass is 10.2. The van der Waals surface area contributed by atoms with E-state index in [0.717, 1.165) is 10.9 Å². The third-order valence-electron chi connectivity index (χ3n) is 2.81. The van der Waals surface area contributed by atoms with Crippen LogP contribution in [-0.4, -0.2) is 41.4 Å². The van der Waals surface area contributed by atoms with Crippen LogP contribution in [0.5, 0.6) is 0 Å². The van der Waals surface area contributed by atoms with Gasteiger partial charge in [-0.05, 0) is 18.6 Å². The number of para-hydroxylation sites is 1. The summed E-state index contributed by atoms with van der Waals surface area (Å²) in [6, 6.07) is 7.62. The first-order valence-electron chi connectivity index (χ1n) is 6.13. The average Bonchev–Trinajstić information content (AvgIpc) is 2.39. The normalized spacial score (nSPS) is 12.5. The molecule has 6 heteroatoms. The molecule has 1 aromatic heterocycles. The van der Waals surface area contributed by atoms with Gasteiger partial charge in [0, 0.05) is 19.1 Å². The fourth-order valence-corrected chi connectivity index (χ4v) is 1.95. The molecule has 102 valence electrons. The number of nitrogen functional groups attached to an aromatic ring is 1.